The first-order valence-electron chi connectivity index (χ1n) is 8.58. The molecule has 0 saturated carbocycles. The van der Waals surface area contributed by atoms with Gasteiger partial charge >= 0.3 is 0 Å². The summed E-state index contributed by atoms with van der Waals surface area (Å²) in [5.41, 5.74) is 4.65. The summed E-state index contributed by atoms with van der Waals surface area (Å²) in [6, 6.07) is 11.9. The second kappa shape index (κ2) is 7.58. The molecule has 2 aromatic heterocycles. The highest BCUT2D eigenvalue weighted by molar-refractivity contribution is 5.93. The van der Waals surface area contributed by atoms with Gasteiger partial charge in [0.1, 0.15) is 5.76 Å². The number of nitrogens with zero attached hydrogens (tertiary/aromatic N) is 3. The van der Waals surface area contributed by atoms with Crippen LogP contribution in [-0.2, 0) is 11.3 Å². The Bertz CT molecular complexity index is 879. The summed E-state index contributed by atoms with van der Waals surface area (Å²) in [7, 11) is 1.89. The number of rotatable bonds is 6. The zero-order chi connectivity index (χ0) is 18.7. The van der Waals surface area contributed by atoms with Gasteiger partial charge in [0, 0.05) is 0 Å². The molecule has 0 spiro atoms. The van der Waals surface area contributed by atoms with Gasteiger partial charge in [-0.25, -0.2) is 4.68 Å². The third-order valence-corrected chi connectivity index (χ3v) is 4.25. The number of benzene rings is 1. The number of likely N-dealkylation sites (N-methyl/N-ethyl adjacent to an activating group) is 1. The quantitative estimate of drug-likeness (QED) is 0.738. The lowest BCUT2D eigenvalue weighted by Crippen LogP contribution is -2.30. The first-order chi connectivity index (χ1) is 12.4. The van der Waals surface area contributed by atoms with Crippen molar-refractivity contribution in [3.8, 4) is 5.69 Å². The van der Waals surface area contributed by atoms with Crippen LogP contribution in [0.25, 0.3) is 5.69 Å². The molecule has 0 bridgehead atoms. The molecule has 0 aliphatic rings. The second-order valence-corrected chi connectivity index (χ2v) is 6.59. The molecule has 0 aliphatic carbocycles. The van der Waals surface area contributed by atoms with E-state index in [1.807, 2.05) is 66.9 Å². The molecule has 1 aromatic carbocycles. The molecule has 6 nitrogen and oxygen atoms in total. The van der Waals surface area contributed by atoms with Gasteiger partial charge < -0.3 is 9.73 Å². The predicted molar refractivity (Wildman–Crippen MR) is 101 cm³/mol. The Morgan fingerprint density at radius 2 is 1.92 bits per heavy atom. The van der Waals surface area contributed by atoms with Crippen molar-refractivity contribution in [1.29, 1.82) is 0 Å². The van der Waals surface area contributed by atoms with Crippen LogP contribution in [0.3, 0.4) is 0 Å². The van der Waals surface area contributed by atoms with Crippen molar-refractivity contribution in [3.05, 3.63) is 65.4 Å². The number of carbonyl (C=O) groups is 1. The second-order valence-electron chi connectivity index (χ2n) is 6.59. The zero-order valence-electron chi connectivity index (χ0n) is 15.6. The summed E-state index contributed by atoms with van der Waals surface area (Å²) in [5, 5.41) is 7.57. The van der Waals surface area contributed by atoms with E-state index >= 15 is 0 Å². The highest BCUT2D eigenvalue weighted by Crippen LogP contribution is 2.23. The Kier molecular flexibility index (Phi) is 5.23. The van der Waals surface area contributed by atoms with Crippen LogP contribution in [0.4, 0.5) is 5.69 Å². The van der Waals surface area contributed by atoms with Crippen LogP contribution in [0.5, 0.6) is 0 Å². The van der Waals surface area contributed by atoms with E-state index < -0.39 is 0 Å². The standard InChI is InChI=1S/C20H24N4O2/c1-14-7-9-17(10-8-14)24-16(3)20(15(2)22-24)21-19(25)13-23(4)12-18-6-5-11-26-18/h5-11H,12-13H2,1-4H3,(H,21,25). The first-order valence-corrected chi connectivity index (χ1v) is 8.58. The van der Waals surface area contributed by atoms with Crippen LogP contribution in [0.15, 0.2) is 47.1 Å². The molecular formula is C20H24N4O2. The summed E-state index contributed by atoms with van der Waals surface area (Å²) in [4.78, 5) is 14.3. The monoisotopic (exact) mass is 352 g/mol. The summed E-state index contributed by atoms with van der Waals surface area (Å²) in [5.74, 6) is 0.758. The molecule has 136 valence electrons. The molecule has 0 saturated heterocycles. The molecule has 1 amide bonds. The maximum Gasteiger partial charge on any atom is 0.238 e. The van der Waals surface area contributed by atoms with E-state index in [0.29, 0.717) is 6.54 Å². The zero-order valence-corrected chi connectivity index (χ0v) is 15.6. The summed E-state index contributed by atoms with van der Waals surface area (Å²) in [6.45, 7) is 6.77. The van der Waals surface area contributed by atoms with Gasteiger partial charge in [0.25, 0.3) is 0 Å². The first kappa shape index (κ1) is 17.9. The maximum absolute atomic E-state index is 12.4. The molecule has 6 heteroatoms. The topological polar surface area (TPSA) is 63.3 Å². The largest absolute Gasteiger partial charge is 0.468 e. The fourth-order valence-electron chi connectivity index (χ4n) is 2.91. The van der Waals surface area contributed by atoms with Crippen molar-refractivity contribution in [2.24, 2.45) is 0 Å². The van der Waals surface area contributed by atoms with E-state index in [1.54, 1.807) is 6.26 Å². The minimum absolute atomic E-state index is 0.0753. The van der Waals surface area contributed by atoms with Crippen LogP contribution in [0, 0.1) is 20.8 Å². The summed E-state index contributed by atoms with van der Waals surface area (Å²) in [6.07, 6.45) is 1.63. The van der Waals surface area contributed by atoms with Crippen molar-refractivity contribution in [3.63, 3.8) is 0 Å². The number of furan rings is 1. The van der Waals surface area contributed by atoms with Gasteiger partial charge in [-0.05, 0) is 52.1 Å². The molecule has 0 fully saturated rings. The van der Waals surface area contributed by atoms with Crippen molar-refractivity contribution in [2.45, 2.75) is 27.3 Å². The lowest BCUT2D eigenvalue weighted by molar-refractivity contribution is -0.117. The van der Waals surface area contributed by atoms with Crippen LogP contribution >= 0.6 is 0 Å². The van der Waals surface area contributed by atoms with Gasteiger partial charge in [0.05, 0.1) is 42.1 Å². The van der Waals surface area contributed by atoms with Gasteiger partial charge in [-0.3, -0.25) is 9.69 Å². The minimum Gasteiger partial charge on any atom is -0.468 e. The normalized spacial score (nSPS) is 11.1. The Morgan fingerprint density at radius 3 is 2.58 bits per heavy atom. The van der Waals surface area contributed by atoms with E-state index in [2.05, 4.69) is 17.3 Å². The number of aryl methyl sites for hydroxylation is 2. The Hall–Kier alpha value is -2.86. The number of amides is 1. The predicted octanol–water partition coefficient (Wildman–Crippen LogP) is 3.46. The van der Waals surface area contributed by atoms with Gasteiger partial charge in [0.2, 0.25) is 5.91 Å². The fraction of sp³-hybridized carbons (Fsp3) is 0.300. The average Bonchev–Trinajstić information content (AvgIpc) is 3.19. The average molecular weight is 352 g/mol. The summed E-state index contributed by atoms with van der Waals surface area (Å²) < 4.78 is 7.17. The van der Waals surface area contributed by atoms with E-state index in [4.69, 9.17) is 4.42 Å². The number of carbonyl (C=O) groups excluding carboxylic acids is 1. The number of aromatic nitrogens is 2. The SMILES string of the molecule is Cc1ccc(-n2nc(C)c(NC(=O)CN(C)Cc3ccco3)c2C)cc1. The van der Waals surface area contributed by atoms with E-state index in [1.165, 1.54) is 5.56 Å². The Labute approximate surface area is 153 Å². The van der Waals surface area contributed by atoms with Crippen LogP contribution in [-0.4, -0.2) is 34.2 Å². The van der Waals surface area contributed by atoms with Crippen molar-refractivity contribution in [1.82, 2.24) is 14.7 Å². The smallest absolute Gasteiger partial charge is 0.238 e. The molecule has 0 aliphatic heterocycles. The number of hydrogen-bond acceptors (Lipinski definition) is 4. The Morgan fingerprint density at radius 1 is 1.19 bits per heavy atom. The number of hydrogen-bond donors (Lipinski definition) is 1. The fourth-order valence-corrected chi connectivity index (χ4v) is 2.91. The lowest BCUT2D eigenvalue weighted by atomic mass is 10.2. The third-order valence-electron chi connectivity index (χ3n) is 4.25. The molecule has 2 heterocycles. The van der Waals surface area contributed by atoms with Crippen LogP contribution in [0.1, 0.15) is 22.7 Å². The van der Waals surface area contributed by atoms with Crippen molar-refractivity contribution in [2.75, 3.05) is 18.9 Å². The molecule has 0 atom stereocenters. The van der Waals surface area contributed by atoms with Crippen molar-refractivity contribution < 1.29 is 9.21 Å². The molecule has 0 unspecified atom stereocenters. The highest BCUT2D eigenvalue weighted by atomic mass is 16.3. The van der Waals surface area contributed by atoms with Gasteiger partial charge in [0.15, 0.2) is 0 Å². The molecule has 26 heavy (non-hydrogen) atoms. The molecule has 0 radical (unpaired) electrons. The van der Waals surface area contributed by atoms with Gasteiger partial charge in [-0.15, -0.1) is 0 Å². The number of anilines is 1. The maximum atomic E-state index is 12.4. The summed E-state index contributed by atoms with van der Waals surface area (Å²) >= 11 is 0. The Balaban J connectivity index is 1.69. The highest BCUT2D eigenvalue weighted by Gasteiger charge is 2.16. The van der Waals surface area contributed by atoms with E-state index in [0.717, 1.165) is 28.5 Å². The molecule has 3 rings (SSSR count). The van der Waals surface area contributed by atoms with Crippen molar-refractivity contribution >= 4 is 11.6 Å². The van der Waals surface area contributed by atoms with Crippen LogP contribution in [0.2, 0.25) is 0 Å². The van der Waals surface area contributed by atoms with Gasteiger partial charge in [-0.1, -0.05) is 17.7 Å². The number of nitrogens with one attached hydrogen (secondary N) is 1. The molecule has 3 aromatic rings. The minimum atomic E-state index is -0.0753. The van der Waals surface area contributed by atoms with E-state index in [-0.39, 0.29) is 12.5 Å². The van der Waals surface area contributed by atoms with Crippen LogP contribution < -0.4 is 5.32 Å². The van der Waals surface area contributed by atoms with Gasteiger partial charge in [-0.2, -0.15) is 5.10 Å². The lowest BCUT2D eigenvalue weighted by Gasteiger charge is -2.15. The third kappa shape index (κ3) is 4.03. The molecular weight excluding hydrogens is 328 g/mol. The molecule has 1 N–H and O–H groups in total. The van der Waals surface area contributed by atoms with E-state index in [9.17, 15) is 4.79 Å².